The minimum Gasteiger partial charge on any atom is -0.392 e. The standard InChI is InChI=1S/C9H17NO3/c1-6-3-4-13-8(6)9(12)10-5-7(2)11/h6-8,11H,3-5H2,1-2H3,(H,10,12)/t6?,7-,8?/m0/s1. The van der Waals surface area contributed by atoms with Crippen molar-refractivity contribution in [3.63, 3.8) is 0 Å². The molecule has 4 nitrogen and oxygen atoms in total. The first-order valence-corrected chi connectivity index (χ1v) is 4.68. The van der Waals surface area contributed by atoms with Crippen LogP contribution in [0.4, 0.5) is 0 Å². The van der Waals surface area contributed by atoms with Crippen LogP contribution in [0.25, 0.3) is 0 Å². The van der Waals surface area contributed by atoms with E-state index in [2.05, 4.69) is 5.32 Å². The Morgan fingerprint density at radius 2 is 2.46 bits per heavy atom. The quantitative estimate of drug-likeness (QED) is 0.649. The largest absolute Gasteiger partial charge is 0.392 e. The zero-order valence-corrected chi connectivity index (χ0v) is 8.12. The second-order valence-electron chi connectivity index (χ2n) is 3.65. The fourth-order valence-corrected chi connectivity index (χ4v) is 1.38. The Bertz CT molecular complexity index is 182. The number of rotatable bonds is 3. The zero-order valence-electron chi connectivity index (χ0n) is 8.12. The van der Waals surface area contributed by atoms with Crippen LogP contribution in [0.5, 0.6) is 0 Å². The lowest BCUT2D eigenvalue weighted by Crippen LogP contribution is -2.40. The highest BCUT2D eigenvalue weighted by atomic mass is 16.5. The lowest BCUT2D eigenvalue weighted by Gasteiger charge is -2.15. The summed E-state index contributed by atoms with van der Waals surface area (Å²) in [4.78, 5) is 11.4. The fourth-order valence-electron chi connectivity index (χ4n) is 1.38. The highest BCUT2D eigenvalue weighted by Crippen LogP contribution is 2.19. The topological polar surface area (TPSA) is 58.6 Å². The number of carbonyl (C=O) groups excluding carboxylic acids is 1. The summed E-state index contributed by atoms with van der Waals surface area (Å²) in [7, 11) is 0. The number of hydrogen-bond donors (Lipinski definition) is 2. The summed E-state index contributed by atoms with van der Waals surface area (Å²) in [5.74, 6) is 0.180. The van der Waals surface area contributed by atoms with Gasteiger partial charge in [0.25, 0.3) is 0 Å². The zero-order chi connectivity index (χ0) is 9.84. The molecule has 0 aromatic heterocycles. The minimum absolute atomic E-state index is 0.106. The molecule has 1 saturated heterocycles. The highest BCUT2D eigenvalue weighted by molar-refractivity contribution is 5.81. The molecule has 76 valence electrons. The average molecular weight is 187 g/mol. The summed E-state index contributed by atoms with van der Waals surface area (Å²) in [6, 6.07) is 0. The van der Waals surface area contributed by atoms with Gasteiger partial charge in [-0.2, -0.15) is 0 Å². The van der Waals surface area contributed by atoms with E-state index in [4.69, 9.17) is 9.84 Å². The first-order valence-electron chi connectivity index (χ1n) is 4.68. The van der Waals surface area contributed by atoms with Crippen LogP contribution in [0, 0.1) is 5.92 Å². The van der Waals surface area contributed by atoms with Crippen LogP contribution in [0.15, 0.2) is 0 Å². The van der Waals surface area contributed by atoms with Crippen molar-refractivity contribution in [2.75, 3.05) is 13.2 Å². The maximum atomic E-state index is 11.4. The third-order valence-electron chi connectivity index (χ3n) is 2.22. The maximum absolute atomic E-state index is 11.4. The molecule has 1 amide bonds. The first kappa shape index (κ1) is 10.5. The number of hydrogen-bond acceptors (Lipinski definition) is 3. The second-order valence-corrected chi connectivity index (χ2v) is 3.65. The molecule has 2 N–H and O–H groups in total. The normalized spacial score (nSPS) is 30.1. The van der Waals surface area contributed by atoms with E-state index in [-0.39, 0.29) is 17.9 Å². The van der Waals surface area contributed by atoms with Gasteiger partial charge in [-0.15, -0.1) is 0 Å². The van der Waals surface area contributed by atoms with Crippen molar-refractivity contribution >= 4 is 5.91 Å². The number of amides is 1. The molecule has 0 spiro atoms. The third-order valence-corrected chi connectivity index (χ3v) is 2.22. The van der Waals surface area contributed by atoms with Crippen LogP contribution in [0.3, 0.4) is 0 Å². The lowest BCUT2D eigenvalue weighted by atomic mass is 10.0. The van der Waals surface area contributed by atoms with E-state index in [0.717, 1.165) is 6.42 Å². The van der Waals surface area contributed by atoms with E-state index in [1.54, 1.807) is 6.92 Å². The van der Waals surface area contributed by atoms with Crippen LogP contribution in [-0.2, 0) is 9.53 Å². The Balaban J connectivity index is 2.30. The van der Waals surface area contributed by atoms with Crippen LogP contribution >= 0.6 is 0 Å². The number of aliphatic hydroxyl groups is 1. The van der Waals surface area contributed by atoms with Crippen molar-refractivity contribution < 1.29 is 14.6 Å². The number of aliphatic hydroxyl groups excluding tert-OH is 1. The molecule has 0 aliphatic carbocycles. The average Bonchev–Trinajstić information content (AvgIpc) is 2.47. The van der Waals surface area contributed by atoms with Gasteiger partial charge >= 0.3 is 0 Å². The second kappa shape index (κ2) is 4.58. The molecule has 4 heteroatoms. The third kappa shape index (κ3) is 2.97. The summed E-state index contributed by atoms with van der Waals surface area (Å²) >= 11 is 0. The molecule has 1 aliphatic heterocycles. The molecular weight excluding hydrogens is 170 g/mol. The van der Waals surface area contributed by atoms with Crippen LogP contribution in [0.2, 0.25) is 0 Å². The van der Waals surface area contributed by atoms with Crippen molar-refractivity contribution in [3.05, 3.63) is 0 Å². The molecule has 3 atom stereocenters. The lowest BCUT2D eigenvalue weighted by molar-refractivity contribution is -0.131. The molecule has 2 unspecified atom stereocenters. The molecule has 0 radical (unpaired) electrons. The van der Waals surface area contributed by atoms with E-state index in [1.165, 1.54) is 0 Å². The number of nitrogens with one attached hydrogen (secondary N) is 1. The van der Waals surface area contributed by atoms with Gasteiger partial charge in [-0.25, -0.2) is 0 Å². The minimum atomic E-state index is -0.499. The van der Waals surface area contributed by atoms with Gasteiger partial charge < -0.3 is 15.2 Å². The molecule has 1 heterocycles. The van der Waals surface area contributed by atoms with E-state index >= 15 is 0 Å². The van der Waals surface area contributed by atoms with E-state index < -0.39 is 6.10 Å². The summed E-state index contributed by atoms with van der Waals surface area (Å²) in [6.07, 6.45) is 0.117. The molecule has 0 aromatic carbocycles. The predicted octanol–water partition coefficient (Wildman–Crippen LogP) is -0.0916. The molecule has 0 saturated carbocycles. The Kier molecular flexibility index (Phi) is 3.69. The van der Waals surface area contributed by atoms with Gasteiger partial charge in [0.15, 0.2) is 0 Å². The van der Waals surface area contributed by atoms with E-state index in [9.17, 15) is 4.79 Å². The van der Waals surface area contributed by atoms with E-state index in [0.29, 0.717) is 13.2 Å². The van der Waals surface area contributed by atoms with Crippen LogP contribution < -0.4 is 5.32 Å². The van der Waals surface area contributed by atoms with Gasteiger partial charge in [0.05, 0.1) is 6.10 Å². The van der Waals surface area contributed by atoms with Crippen LogP contribution in [-0.4, -0.2) is 36.4 Å². The Morgan fingerprint density at radius 1 is 1.77 bits per heavy atom. The summed E-state index contributed by atoms with van der Waals surface area (Å²) in [5, 5.41) is 11.6. The fraction of sp³-hybridized carbons (Fsp3) is 0.889. The summed E-state index contributed by atoms with van der Waals surface area (Å²) in [6.45, 7) is 4.60. The maximum Gasteiger partial charge on any atom is 0.249 e. The van der Waals surface area contributed by atoms with Crippen molar-refractivity contribution in [2.24, 2.45) is 5.92 Å². The molecule has 1 rings (SSSR count). The van der Waals surface area contributed by atoms with Gasteiger partial charge in [0.2, 0.25) is 5.91 Å². The Labute approximate surface area is 78.3 Å². The molecule has 1 fully saturated rings. The molecular formula is C9H17NO3. The Hall–Kier alpha value is -0.610. The van der Waals surface area contributed by atoms with Gasteiger partial charge in [-0.1, -0.05) is 6.92 Å². The predicted molar refractivity (Wildman–Crippen MR) is 48.2 cm³/mol. The summed E-state index contributed by atoms with van der Waals surface area (Å²) < 4.78 is 5.27. The van der Waals surface area contributed by atoms with Crippen molar-refractivity contribution in [1.29, 1.82) is 0 Å². The van der Waals surface area contributed by atoms with Crippen molar-refractivity contribution in [1.82, 2.24) is 5.32 Å². The smallest absolute Gasteiger partial charge is 0.249 e. The highest BCUT2D eigenvalue weighted by Gasteiger charge is 2.30. The van der Waals surface area contributed by atoms with Crippen molar-refractivity contribution in [2.45, 2.75) is 32.5 Å². The summed E-state index contributed by atoms with van der Waals surface area (Å²) in [5.41, 5.74) is 0. The van der Waals surface area contributed by atoms with Crippen LogP contribution in [0.1, 0.15) is 20.3 Å². The van der Waals surface area contributed by atoms with Gasteiger partial charge in [-0.3, -0.25) is 4.79 Å². The molecule has 0 bridgehead atoms. The SMILES string of the molecule is CC1CCOC1C(=O)NC[C@H](C)O. The molecule has 13 heavy (non-hydrogen) atoms. The Morgan fingerprint density at radius 3 is 2.92 bits per heavy atom. The number of ether oxygens (including phenoxy) is 1. The van der Waals surface area contributed by atoms with E-state index in [1.807, 2.05) is 6.92 Å². The first-order chi connectivity index (χ1) is 6.11. The van der Waals surface area contributed by atoms with Gasteiger partial charge in [0, 0.05) is 13.2 Å². The van der Waals surface area contributed by atoms with Crippen molar-refractivity contribution in [3.8, 4) is 0 Å². The molecule has 1 aliphatic rings. The van der Waals surface area contributed by atoms with Gasteiger partial charge in [-0.05, 0) is 19.3 Å². The number of carbonyl (C=O) groups is 1. The monoisotopic (exact) mass is 187 g/mol. The molecule has 0 aromatic rings. The van der Waals surface area contributed by atoms with Gasteiger partial charge in [0.1, 0.15) is 6.10 Å².